The maximum absolute atomic E-state index is 11.8. The lowest BCUT2D eigenvalue weighted by Crippen LogP contribution is -2.32. The van der Waals surface area contributed by atoms with Gasteiger partial charge in [-0.25, -0.2) is 4.98 Å². The molecule has 6 nitrogen and oxygen atoms in total. The average Bonchev–Trinajstić information content (AvgIpc) is 2.89. The number of carbonyl (C=O) groups is 2. The Hall–Kier alpha value is -1.72. The van der Waals surface area contributed by atoms with Crippen LogP contribution >= 0.6 is 0 Å². The van der Waals surface area contributed by atoms with Crippen molar-refractivity contribution in [2.45, 2.75) is 26.7 Å². The summed E-state index contributed by atoms with van der Waals surface area (Å²) < 4.78 is 0. The van der Waals surface area contributed by atoms with Gasteiger partial charge in [-0.1, -0.05) is 13.8 Å². The summed E-state index contributed by atoms with van der Waals surface area (Å²) >= 11 is 0. The zero-order valence-electron chi connectivity index (χ0n) is 10.0. The Labute approximate surface area is 99.4 Å². The summed E-state index contributed by atoms with van der Waals surface area (Å²) in [5, 5.41) is 6.50. The predicted molar refractivity (Wildman–Crippen MR) is 59.8 cm³/mol. The number of rotatable bonds is 4. The molecule has 2 heterocycles. The normalized spacial score (nSPS) is 24.7. The van der Waals surface area contributed by atoms with E-state index in [1.54, 1.807) is 13.8 Å². The largest absolute Gasteiger partial charge is 0.282 e. The van der Waals surface area contributed by atoms with Gasteiger partial charge in [0.05, 0.1) is 0 Å². The molecule has 2 atom stereocenters. The molecule has 0 bridgehead atoms. The second-order valence-corrected chi connectivity index (χ2v) is 4.44. The predicted octanol–water partition coefficient (Wildman–Crippen LogP) is 0.378. The highest BCUT2D eigenvalue weighted by molar-refractivity contribution is 6.04. The number of likely N-dealkylation sites (tertiary alicyclic amines) is 1. The van der Waals surface area contributed by atoms with Crippen molar-refractivity contribution in [3.05, 3.63) is 12.2 Å². The van der Waals surface area contributed by atoms with Crippen LogP contribution in [0.5, 0.6) is 0 Å². The number of nitrogens with zero attached hydrogens (tertiary/aromatic N) is 3. The Morgan fingerprint density at radius 1 is 1.29 bits per heavy atom. The van der Waals surface area contributed by atoms with E-state index in [0.29, 0.717) is 19.4 Å². The van der Waals surface area contributed by atoms with Gasteiger partial charge in [0.15, 0.2) is 0 Å². The molecule has 1 fully saturated rings. The van der Waals surface area contributed by atoms with Gasteiger partial charge in [0.1, 0.15) is 12.2 Å². The van der Waals surface area contributed by atoms with Crippen molar-refractivity contribution >= 4 is 11.8 Å². The molecule has 1 N–H and O–H groups in total. The molecule has 1 saturated heterocycles. The summed E-state index contributed by atoms with van der Waals surface area (Å²) in [6.07, 6.45) is 2.86. The summed E-state index contributed by atoms with van der Waals surface area (Å²) in [7, 11) is 0. The molecular weight excluding hydrogens is 220 g/mol. The van der Waals surface area contributed by atoms with Crippen molar-refractivity contribution < 1.29 is 9.59 Å². The maximum atomic E-state index is 11.8. The van der Waals surface area contributed by atoms with Gasteiger partial charge in [-0.2, -0.15) is 5.10 Å². The van der Waals surface area contributed by atoms with Gasteiger partial charge in [0.25, 0.3) is 0 Å². The number of nitrogens with one attached hydrogen (secondary N) is 1. The van der Waals surface area contributed by atoms with Crippen molar-refractivity contribution in [1.82, 2.24) is 20.1 Å². The van der Waals surface area contributed by atoms with E-state index in [1.807, 2.05) is 0 Å². The van der Waals surface area contributed by atoms with Crippen molar-refractivity contribution in [1.29, 1.82) is 0 Å². The van der Waals surface area contributed by atoms with Gasteiger partial charge >= 0.3 is 0 Å². The van der Waals surface area contributed by atoms with E-state index in [1.165, 1.54) is 11.2 Å². The van der Waals surface area contributed by atoms with Crippen molar-refractivity contribution in [2.24, 2.45) is 11.8 Å². The molecule has 1 aromatic rings. The SMILES string of the molecule is CC1C(=O)N(CCCc2ncn[nH]2)C(=O)C1C. The van der Waals surface area contributed by atoms with Crippen LogP contribution in [0.25, 0.3) is 0 Å². The number of aromatic amines is 1. The number of H-pyrrole nitrogens is 1. The second kappa shape index (κ2) is 4.65. The fourth-order valence-corrected chi connectivity index (χ4v) is 2.00. The molecule has 0 radical (unpaired) electrons. The van der Waals surface area contributed by atoms with Crippen molar-refractivity contribution in [3.8, 4) is 0 Å². The van der Waals surface area contributed by atoms with E-state index in [4.69, 9.17) is 0 Å². The molecule has 2 unspecified atom stereocenters. The smallest absolute Gasteiger partial charge is 0.232 e. The molecule has 0 aliphatic carbocycles. The van der Waals surface area contributed by atoms with Crippen LogP contribution in [0.1, 0.15) is 26.1 Å². The monoisotopic (exact) mass is 236 g/mol. The lowest BCUT2D eigenvalue weighted by atomic mass is 10.00. The highest BCUT2D eigenvalue weighted by atomic mass is 16.2. The van der Waals surface area contributed by atoms with Crippen LogP contribution in [-0.2, 0) is 16.0 Å². The zero-order chi connectivity index (χ0) is 12.4. The molecule has 17 heavy (non-hydrogen) atoms. The number of hydrogen-bond acceptors (Lipinski definition) is 4. The van der Waals surface area contributed by atoms with Crippen LogP contribution in [0.4, 0.5) is 0 Å². The molecule has 2 amide bonds. The van der Waals surface area contributed by atoms with Crippen LogP contribution in [0.3, 0.4) is 0 Å². The van der Waals surface area contributed by atoms with Gasteiger partial charge in [-0.05, 0) is 6.42 Å². The van der Waals surface area contributed by atoms with Crippen molar-refractivity contribution in [2.75, 3.05) is 6.54 Å². The zero-order valence-corrected chi connectivity index (χ0v) is 10.0. The molecule has 6 heteroatoms. The first-order valence-corrected chi connectivity index (χ1v) is 5.80. The minimum absolute atomic E-state index is 0.0555. The first-order valence-electron chi connectivity index (χ1n) is 5.80. The summed E-state index contributed by atoms with van der Waals surface area (Å²) in [6, 6.07) is 0. The van der Waals surface area contributed by atoms with E-state index < -0.39 is 0 Å². The van der Waals surface area contributed by atoms with E-state index in [-0.39, 0.29) is 23.7 Å². The first kappa shape index (κ1) is 11.8. The summed E-state index contributed by atoms with van der Waals surface area (Å²) in [6.45, 7) is 4.08. The highest BCUT2D eigenvalue weighted by Gasteiger charge is 2.41. The number of carbonyl (C=O) groups excluding carboxylic acids is 2. The van der Waals surface area contributed by atoms with Gasteiger partial charge < -0.3 is 0 Å². The minimum Gasteiger partial charge on any atom is -0.282 e. The Balaban J connectivity index is 1.87. The van der Waals surface area contributed by atoms with Crippen LogP contribution in [-0.4, -0.2) is 38.4 Å². The third kappa shape index (κ3) is 2.20. The molecule has 92 valence electrons. The number of imide groups is 1. The van der Waals surface area contributed by atoms with E-state index in [0.717, 1.165) is 5.82 Å². The van der Waals surface area contributed by atoms with Crippen LogP contribution in [0.2, 0.25) is 0 Å². The van der Waals surface area contributed by atoms with Crippen LogP contribution < -0.4 is 0 Å². The van der Waals surface area contributed by atoms with E-state index >= 15 is 0 Å². The maximum Gasteiger partial charge on any atom is 0.232 e. The standard InChI is InChI=1S/C11H16N4O2/c1-7-8(2)11(17)15(10(7)16)5-3-4-9-12-6-13-14-9/h6-8H,3-5H2,1-2H3,(H,12,13,14). The van der Waals surface area contributed by atoms with Gasteiger partial charge in [0.2, 0.25) is 11.8 Å². The topological polar surface area (TPSA) is 79.0 Å². The summed E-state index contributed by atoms with van der Waals surface area (Å²) in [5.41, 5.74) is 0. The molecule has 0 aromatic carbocycles. The van der Waals surface area contributed by atoms with Crippen LogP contribution in [0.15, 0.2) is 6.33 Å². The van der Waals surface area contributed by atoms with Gasteiger partial charge in [0, 0.05) is 24.8 Å². The number of amides is 2. The molecule has 1 aromatic heterocycles. The molecule has 0 spiro atoms. The number of aromatic nitrogens is 3. The highest BCUT2D eigenvalue weighted by Crippen LogP contribution is 2.25. The fraction of sp³-hybridized carbons (Fsp3) is 0.636. The first-order chi connectivity index (χ1) is 8.11. The second-order valence-electron chi connectivity index (χ2n) is 4.44. The molecule has 1 aliphatic heterocycles. The molecule has 2 rings (SSSR count). The quantitative estimate of drug-likeness (QED) is 0.766. The third-order valence-corrected chi connectivity index (χ3v) is 3.32. The Kier molecular flexibility index (Phi) is 3.21. The molecular formula is C11H16N4O2. The third-order valence-electron chi connectivity index (χ3n) is 3.32. The number of hydrogen-bond donors (Lipinski definition) is 1. The lowest BCUT2D eigenvalue weighted by Gasteiger charge is -2.13. The van der Waals surface area contributed by atoms with E-state index in [2.05, 4.69) is 15.2 Å². The Bertz CT molecular complexity index is 395. The summed E-state index contributed by atoms with van der Waals surface area (Å²) in [5.74, 6) is 0.297. The van der Waals surface area contributed by atoms with Gasteiger partial charge in [-0.15, -0.1) is 0 Å². The molecule has 0 saturated carbocycles. The fourth-order valence-electron chi connectivity index (χ4n) is 2.00. The molecule has 1 aliphatic rings. The lowest BCUT2D eigenvalue weighted by molar-refractivity contribution is -0.139. The summed E-state index contributed by atoms with van der Waals surface area (Å²) in [4.78, 5) is 28.9. The average molecular weight is 236 g/mol. The van der Waals surface area contributed by atoms with Crippen molar-refractivity contribution in [3.63, 3.8) is 0 Å². The Morgan fingerprint density at radius 3 is 2.47 bits per heavy atom. The van der Waals surface area contributed by atoms with Crippen LogP contribution in [0, 0.1) is 11.8 Å². The minimum atomic E-state index is -0.187. The number of aryl methyl sites for hydroxylation is 1. The Morgan fingerprint density at radius 2 is 1.94 bits per heavy atom. The van der Waals surface area contributed by atoms with Gasteiger partial charge in [-0.3, -0.25) is 19.6 Å². The van der Waals surface area contributed by atoms with E-state index in [9.17, 15) is 9.59 Å².